The number of nitrogens with zero attached hydrogens (tertiary/aromatic N) is 3. The van der Waals surface area contributed by atoms with E-state index in [1.165, 1.54) is 27.3 Å². The average Bonchev–Trinajstić information content (AvgIpc) is 2.67. The summed E-state index contributed by atoms with van der Waals surface area (Å²) in [7, 11) is 0. The molecule has 2 aromatic rings. The maximum atomic E-state index is 12.6. The number of benzene rings is 1. The van der Waals surface area contributed by atoms with Crippen molar-refractivity contribution in [1.82, 2.24) is 9.13 Å². The van der Waals surface area contributed by atoms with Gasteiger partial charge in [-0.25, -0.2) is 4.79 Å². The Bertz CT molecular complexity index is 783. The third kappa shape index (κ3) is 3.77. The van der Waals surface area contributed by atoms with Gasteiger partial charge in [0.15, 0.2) is 0 Å². The van der Waals surface area contributed by atoms with Crippen molar-refractivity contribution in [2.75, 3.05) is 0 Å². The number of hydrogen-bond acceptors (Lipinski definition) is 5. The first-order valence-corrected chi connectivity index (χ1v) is 7.38. The lowest BCUT2D eigenvalue weighted by Crippen LogP contribution is -2.30. The van der Waals surface area contributed by atoms with E-state index >= 15 is 0 Å². The van der Waals surface area contributed by atoms with Gasteiger partial charge in [-0.15, -0.1) is 0 Å². The number of hydrogen-bond donors (Lipinski definition) is 2. The maximum Gasteiger partial charge on any atom is 0.329 e. The predicted octanol–water partition coefficient (Wildman–Crippen LogP) is 1.25. The van der Waals surface area contributed by atoms with Crippen LogP contribution in [0.25, 0.3) is 11.0 Å². The number of fused-ring (bicyclic) bond motifs is 1. The molecule has 8 heteroatoms. The van der Waals surface area contributed by atoms with Gasteiger partial charge in [-0.1, -0.05) is 0 Å². The van der Waals surface area contributed by atoms with Crippen molar-refractivity contribution in [3.8, 4) is 0 Å². The fourth-order valence-corrected chi connectivity index (χ4v) is 2.46. The summed E-state index contributed by atoms with van der Waals surface area (Å²) in [6, 6.07) is 4.19. The zero-order chi connectivity index (χ0) is 17.4. The highest BCUT2D eigenvalue weighted by molar-refractivity contribution is 5.78. The molecule has 126 valence electrons. The van der Waals surface area contributed by atoms with Crippen LogP contribution in [0.4, 0.5) is 5.69 Å². The summed E-state index contributed by atoms with van der Waals surface area (Å²) in [6.07, 6.45) is -0.403. The first-order chi connectivity index (χ1) is 10.6. The van der Waals surface area contributed by atoms with Gasteiger partial charge >= 0.3 is 5.69 Å². The fraction of sp³-hybridized carbons (Fsp3) is 0.533. The Hall–Kier alpha value is -2.19. The van der Waals surface area contributed by atoms with Crippen molar-refractivity contribution >= 4 is 16.7 Å². The summed E-state index contributed by atoms with van der Waals surface area (Å²) < 4.78 is 2.80. The first-order valence-electron chi connectivity index (χ1n) is 7.38. The van der Waals surface area contributed by atoms with E-state index in [1.54, 1.807) is 20.8 Å². The summed E-state index contributed by atoms with van der Waals surface area (Å²) >= 11 is 0. The monoisotopic (exact) mass is 323 g/mol. The predicted molar refractivity (Wildman–Crippen MR) is 85.4 cm³/mol. The molecule has 8 nitrogen and oxygen atoms in total. The molecule has 0 aliphatic rings. The minimum absolute atomic E-state index is 0.0999. The Kier molecular flexibility index (Phi) is 4.58. The molecule has 1 aromatic heterocycles. The number of non-ortho nitro benzene ring substituents is 1. The standard InChI is InChI=1S/C15H21N3O5/c1-10(19)9-17-12-5-4-11(18(22)23)8-13(12)16(14(17)20)7-6-15(2,3)21/h4-5,8,10,19,21H,6-7,9H2,1-3H3. The number of aliphatic hydroxyl groups excluding tert-OH is 1. The Morgan fingerprint density at radius 1 is 1.30 bits per heavy atom. The van der Waals surface area contributed by atoms with Gasteiger partial charge in [0.1, 0.15) is 0 Å². The highest BCUT2D eigenvalue weighted by Gasteiger charge is 2.20. The van der Waals surface area contributed by atoms with Crippen LogP contribution in [0, 0.1) is 10.1 Å². The van der Waals surface area contributed by atoms with Crippen molar-refractivity contribution < 1.29 is 15.1 Å². The van der Waals surface area contributed by atoms with Gasteiger partial charge in [0.05, 0.1) is 34.2 Å². The molecule has 0 aliphatic heterocycles. The Morgan fingerprint density at radius 3 is 2.48 bits per heavy atom. The first kappa shape index (κ1) is 17.2. The molecule has 0 saturated carbocycles. The highest BCUT2D eigenvalue weighted by Crippen LogP contribution is 2.22. The third-order valence-corrected chi connectivity index (χ3v) is 3.61. The van der Waals surface area contributed by atoms with Gasteiger partial charge in [-0.05, 0) is 33.3 Å². The van der Waals surface area contributed by atoms with Crippen molar-refractivity contribution in [3.05, 3.63) is 38.8 Å². The zero-order valence-electron chi connectivity index (χ0n) is 13.4. The fourth-order valence-electron chi connectivity index (χ4n) is 2.46. The SMILES string of the molecule is CC(O)Cn1c(=O)n(CCC(C)(C)O)c2cc([N+](=O)[O-])ccc21. The minimum atomic E-state index is -0.959. The quantitative estimate of drug-likeness (QED) is 0.614. The van der Waals surface area contributed by atoms with E-state index in [0.717, 1.165) is 0 Å². The Morgan fingerprint density at radius 2 is 1.96 bits per heavy atom. The van der Waals surface area contributed by atoms with E-state index in [-0.39, 0.29) is 24.5 Å². The van der Waals surface area contributed by atoms with Crippen LogP contribution in [-0.4, -0.2) is 36.0 Å². The topological polar surface area (TPSA) is 111 Å². The lowest BCUT2D eigenvalue weighted by atomic mass is 10.1. The minimum Gasteiger partial charge on any atom is -0.392 e. The molecule has 23 heavy (non-hydrogen) atoms. The van der Waals surface area contributed by atoms with E-state index in [4.69, 9.17) is 0 Å². The lowest BCUT2D eigenvalue weighted by molar-refractivity contribution is -0.384. The third-order valence-electron chi connectivity index (χ3n) is 3.61. The van der Waals surface area contributed by atoms with Crippen LogP contribution in [0.3, 0.4) is 0 Å². The number of aryl methyl sites for hydroxylation is 1. The molecule has 1 heterocycles. The van der Waals surface area contributed by atoms with Gasteiger partial charge in [0, 0.05) is 18.7 Å². The highest BCUT2D eigenvalue weighted by atomic mass is 16.6. The van der Waals surface area contributed by atoms with E-state index in [0.29, 0.717) is 17.5 Å². The van der Waals surface area contributed by atoms with E-state index in [9.17, 15) is 25.1 Å². The molecule has 2 rings (SSSR count). The molecule has 0 spiro atoms. The number of imidazole rings is 1. The van der Waals surface area contributed by atoms with Gasteiger partial charge < -0.3 is 10.2 Å². The van der Waals surface area contributed by atoms with Crippen LogP contribution >= 0.6 is 0 Å². The van der Waals surface area contributed by atoms with Crippen molar-refractivity contribution in [2.24, 2.45) is 0 Å². The molecular formula is C15H21N3O5. The molecule has 0 radical (unpaired) electrons. The van der Waals surface area contributed by atoms with Crippen LogP contribution in [0.5, 0.6) is 0 Å². The number of aliphatic hydroxyl groups is 2. The molecular weight excluding hydrogens is 302 g/mol. The summed E-state index contributed by atoms with van der Waals surface area (Å²) in [6.45, 7) is 5.16. The molecule has 2 N–H and O–H groups in total. The zero-order valence-corrected chi connectivity index (χ0v) is 13.4. The molecule has 0 amide bonds. The molecule has 1 aromatic carbocycles. The summed E-state index contributed by atoms with van der Waals surface area (Å²) in [5, 5.41) is 30.4. The molecule has 1 atom stereocenters. The van der Waals surface area contributed by atoms with Gasteiger partial charge in [-0.2, -0.15) is 0 Å². The van der Waals surface area contributed by atoms with Crippen LogP contribution < -0.4 is 5.69 Å². The smallest absolute Gasteiger partial charge is 0.329 e. The van der Waals surface area contributed by atoms with Crippen LogP contribution in [0.15, 0.2) is 23.0 Å². The molecule has 0 aliphatic carbocycles. The van der Waals surface area contributed by atoms with Crippen molar-refractivity contribution in [3.63, 3.8) is 0 Å². The second-order valence-corrected chi connectivity index (χ2v) is 6.39. The van der Waals surface area contributed by atoms with E-state index in [2.05, 4.69) is 0 Å². The van der Waals surface area contributed by atoms with Crippen molar-refractivity contribution in [1.29, 1.82) is 0 Å². The lowest BCUT2D eigenvalue weighted by Gasteiger charge is -2.16. The molecule has 0 saturated heterocycles. The van der Waals surface area contributed by atoms with Crippen LogP contribution in [0.1, 0.15) is 27.2 Å². The second-order valence-electron chi connectivity index (χ2n) is 6.39. The number of nitro groups is 1. The number of aromatic nitrogens is 2. The number of nitro benzene ring substituents is 1. The summed E-state index contributed by atoms with van der Waals surface area (Å²) in [5.41, 5.74) is -0.473. The number of rotatable bonds is 6. The normalized spacial score (nSPS) is 13.4. The van der Waals surface area contributed by atoms with E-state index < -0.39 is 16.6 Å². The molecule has 0 fully saturated rings. The largest absolute Gasteiger partial charge is 0.392 e. The summed E-state index contributed by atoms with van der Waals surface area (Å²) in [5.74, 6) is 0. The van der Waals surface area contributed by atoms with Crippen molar-refractivity contribution in [2.45, 2.75) is 52.0 Å². The Balaban J connectivity index is 2.61. The molecule has 0 bridgehead atoms. The maximum absolute atomic E-state index is 12.6. The second kappa shape index (κ2) is 6.13. The van der Waals surface area contributed by atoms with E-state index in [1.807, 2.05) is 0 Å². The summed E-state index contributed by atoms with van der Waals surface area (Å²) in [4.78, 5) is 23.0. The van der Waals surface area contributed by atoms with Crippen LogP contribution in [0.2, 0.25) is 0 Å². The molecule has 1 unspecified atom stereocenters. The van der Waals surface area contributed by atoms with Gasteiger partial charge in [-0.3, -0.25) is 19.2 Å². The van der Waals surface area contributed by atoms with Gasteiger partial charge in [0.25, 0.3) is 5.69 Å². The average molecular weight is 323 g/mol. The van der Waals surface area contributed by atoms with Gasteiger partial charge in [0.2, 0.25) is 0 Å². The van der Waals surface area contributed by atoms with Crippen LogP contribution in [-0.2, 0) is 13.1 Å². The Labute approximate surface area is 132 Å².